The Morgan fingerprint density at radius 2 is 2.16 bits per heavy atom. The van der Waals surface area contributed by atoms with Crippen molar-refractivity contribution in [3.63, 3.8) is 0 Å². The van der Waals surface area contributed by atoms with Crippen molar-refractivity contribution in [2.45, 2.75) is 45.1 Å². The molecule has 1 saturated carbocycles. The van der Waals surface area contributed by atoms with E-state index in [4.69, 9.17) is 4.99 Å². The van der Waals surface area contributed by atoms with Crippen molar-refractivity contribution < 1.29 is 4.79 Å². The molecule has 0 atom stereocenters. The first-order valence-corrected chi connectivity index (χ1v) is 9.50. The maximum Gasteiger partial charge on any atom is 0.264 e. The number of amidine groups is 1. The highest BCUT2D eigenvalue weighted by Crippen LogP contribution is 2.29. The quantitative estimate of drug-likeness (QED) is 0.840. The van der Waals surface area contributed by atoms with Crippen LogP contribution in [0.25, 0.3) is 17.1 Å². The molecule has 2 aromatic rings. The number of nitrogens with zero attached hydrogens (tertiary/aromatic N) is 4. The summed E-state index contributed by atoms with van der Waals surface area (Å²) in [5.74, 6) is -0.0810. The van der Waals surface area contributed by atoms with Gasteiger partial charge in [-0.2, -0.15) is 5.10 Å². The van der Waals surface area contributed by atoms with Gasteiger partial charge in [-0.05, 0) is 49.2 Å². The average molecular weight is 355 g/mol. The number of hydrogen-bond acceptors (Lipinski definition) is 5. The Balaban J connectivity index is 1.57. The highest BCUT2D eigenvalue weighted by Gasteiger charge is 2.25. The van der Waals surface area contributed by atoms with Crippen LogP contribution >= 0.6 is 11.8 Å². The monoisotopic (exact) mass is 355 g/mol. The van der Waals surface area contributed by atoms with Gasteiger partial charge in [-0.15, -0.1) is 0 Å². The molecule has 2 fully saturated rings. The van der Waals surface area contributed by atoms with Crippen LogP contribution in [0.3, 0.4) is 0 Å². The van der Waals surface area contributed by atoms with Crippen molar-refractivity contribution in [3.8, 4) is 0 Å². The fourth-order valence-electron chi connectivity index (χ4n) is 3.42. The second-order valence-corrected chi connectivity index (χ2v) is 7.67. The lowest BCUT2D eigenvalue weighted by molar-refractivity contribution is -0.115. The number of hydrogen-bond donors (Lipinski definition) is 1. The van der Waals surface area contributed by atoms with E-state index >= 15 is 0 Å². The summed E-state index contributed by atoms with van der Waals surface area (Å²) in [6, 6.07) is 2.38. The molecule has 130 valence electrons. The highest BCUT2D eigenvalue weighted by atomic mass is 32.2. The zero-order chi connectivity index (χ0) is 17.4. The number of nitrogens with one attached hydrogen (secondary N) is 1. The van der Waals surface area contributed by atoms with Gasteiger partial charge < -0.3 is 5.32 Å². The van der Waals surface area contributed by atoms with Gasteiger partial charge in [0.2, 0.25) is 0 Å². The van der Waals surface area contributed by atoms with Gasteiger partial charge in [0.15, 0.2) is 10.8 Å². The molecule has 1 aliphatic carbocycles. The van der Waals surface area contributed by atoms with E-state index in [1.165, 1.54) is 31.0 Å². The molecule has 0 bridgehead atoms. The Morgan fingerprint density at radius 3 is 2.96 bits per heavy atom. The summed E-state index contributed by atoms with van der Waals surface area (Å²) in [5.41, 5.74) is 2.69. The zero-order valence-corrected chi connectivity index (χ0v) is 15.3. The summed E-state index contributed by atoms with van der Waals surface area (Å²) in [5, 5.41) is 9.02. The normalized spacial score (nSPS) is 22.2. The summed E-state index contributed by atoms with van der Waals surface area (Å²) >= 11 is 1.42. The molecule has 1 saturated heterocycles. The fraction of sp³-hybridized carbons (Fsp3) is 0.444. The minimum Gasteiger partial charge on any atom is -0.301 e. The molecular formula is C18H21N5OS. The van der Waals surface area contributed by atoms with E-state index in [1.807, 2.05) is 26.1 Å². The number of thioether (sulfide) groups is 1. The molecule has 25 heavy (non-hydrogen) atoms. The predicted octanol–water partition coefficient (Wildman–Crippen LogP) is 3.17. The van der Waals surface area contributed by atoms with E-state index in [2.05, 4.69) is 15.4 Å². The Morgan fingerprint density at radius 1 is 1.36 bits per heavy atom. The lowest BCUT2D eigenvalue weighted by Crippen LogP contribution is -2.22. The molecule has 1 amide bonds. The van der Waals surface area contributed by atoms with Gasteiger partial charge in [-0.25, -0.2) is 4.98 Å². The van der Waals surface area contributed by atoms with Crippen LogP contribution in [0.15, 0.2) is 22.2 Å². The number of fused-ring (bicyclic) bond motifs is 1. The third-order valence-electron chi connectivity index (χ3n) is 4.71. The van der Waals surface area contributed by atoms with Crippen LogP contribution in [0.5, 0.6) is 0 Å². The average Bonchev–Trinajstić information content (AvgIpc) is 3.08. The third kappa shape index (κ3) is 3.33. The number of aliphatic imine (C=N–C) groups is 1. The summed E-state index contributed by atoms with van der Waals surface area (Å²) in [6.07, 6.45) is 9.68. The van der Waals surface area contributed by atoms with E-state index in [1.54, 1.807) is 10.9 Å². The van der Waals surface area contributed by atoms with Crippen molar-refractivity contribution in [3.05, 3.63) is 28.4 Å². The zero-order valence-electron chi connectivity index (χ0n) is 14.5. The first-order chi connectivity index (χ1) is 12.1. The van der Waals surface area contributed by atoms with E-state index in [9.17, 15) is 4.79 Å². The van der Waals surface area contributed by atoms with E-state index in [-0.39, 0.29) is 5.91 Å². The van der Waals surface area contributed by atoms with Crippen LogP contribution in [0, 0.1) is 6.92 Å². The number of carbonyl (C=O) groups excluding carboxylic acids is 1. The second-order valence-electron chi connectivity index (χ2n) is 6.64. The topological polar surface area (TPSA) is 72.2 Å². The van der Waals surface area contributed by atoms with Gasteiger partial charge in [0.1, 0.15) is 0 Å². The summed E-state index contributed by atoms with van der Waals surface area (Å²) < 4.78 is 1.77. The summed E-state index contributed by atoms with van der Waals surface area (Å²) in [4.78, 5) is 22.1. The molecule has 7 heteroatoms. The molecule has 2 aromatic heterocycles. The largest absolute Gasteiger partial charge is 0.301 e. The Kier molecular flexibility index (Phi) is 4.33. The lowest BCUT2D eigenvalue weighted by atomic mass is 9.96. The smallest absolute Gasteiger partial charge is 0.264 e. The van der Waals surface area contributed by atoms with Crippen LogP contribution in [-0.4, -0.2) is 31.9 Å². The fourth-order valence-corrected chi connectivity index (χ4v) is 4.31. The molecule has 3 heterocycles. The number of amides is 1. The van der Waals surface area contributed by atoms with Crippen LogP contribution in [0.4, 0.5) is 0 Å². The Labute approximate surface area is 150 Å². The molecule has 6 nitrogen and oxygen atoms in total. The van der Waals surface area contributed by atoms with E-state index in [0.717, 1.165) is 40.3 Å². The summed E-state index contributed by atoms with van der Waals surface area (Å²) in [6.45, 7) is 1.97. The van der Waals surface area contributed by atoms with Gasteiger partial charge in [0, 0.05) is 18.6 Å². The summed E-state index contributed by atoms with van der Waals surface area (Å²) in [7, 11) is 1.88. The van der Waals surface area contributed by atoms with E-state index < -0.39 is 0 Å². The highest BCUT2D eigenvalue weighted by molar-refractivity contribution is 8.18. The Bertz CT molecular complexity index is 892. The van der Waals surface area contributed by atoms with Crippen LogP contribution in [0.2, 0.25) is 0 Å². The van der Waals surface area contributed by atoms with Gasteiger partial charge in [-0.1, -0.05) is 19.3 Å². The minimum absolute atomic E-state index is 0.0810. The number of aryl methyl sites for hydroxylation is 2. The van der Waals surface area contributed by atoms with Crippen molar-refractivity contribution in [2.24, 2.45) is 12.0 Å². The molecular weight excluding hydrogens is 334 g/mol. The maximum absolute atomic E-state index is 12.2. The van der Waals surface area contributed by atoms with Gasteiger partial charge >= 0.3 is 0 Å². The SMILES string of the molecule is Cc1nn(C)c2ncc(/C=C3/SC(=NC4CCCCC4)NC3=O)cc12. The predicted molar refractivity (Wildman–Crippen MR) is 101 cm³/mol. The number of aromatic nitrogens is 3. The number of rotatable bonds is 2. The van der Waals surface area contributed by atoms with Gasteiger partial charge in [-0.3, -0.25) is 14.5 Å². The van der Waals surface area contributed by atoms with Crippen molar-refractivity contribution in [1.29, 1.82) is 0 Å². The van der Waals surface area contributed by atoms with Crippen molar-refractivity contribution >= 4 is 39.9 Å². The molecule has 1 N–H and O–H groups in total. The van der Waals surface area contributed by atoms with Crippen molar-refractivity contribution in [2.75, 3.05) is 0 Å². The minimum atomic E-state index is -0.0810. The molecule has 2 aliphatic rings. The standard InChI is InChI=1S/C18H21N5OS/c1-11-14-8-12(10-19-16(14)23(2)22-11)9-15-17(24)21-18(25-15)20-13-6-4-3-5-7-13/h8-10,13H,3-7H2,1-2H3,(H,20,21,24)/b15-9+. The molecule has 1 aliphatic heterocycles. The molecule has 4 rings (SSSR count). The lowest BCUT2D eigenvalue weighted by Gasteiger charge is -2.17. The molecule has 0 unspecified atom stereocenters. The third-order valence-corrected chi connectivity index (χ3v) is 5.63. The second kappa shape index (κ2) is 6.63. The first-order valence-electron chi connectivity index (χ1n) is 8.68. The van der Waals surface area contributed by atoms with Crippen LogP contribution < -0.4 is 5.32 Å². The van der Waals surface area contributed by atoms with E-state index in [0.29, 0.717) is 10.9 Å². The first kappa shape index (κ1) is 16.3. The molecule has 0 aromatic carbocycles. The van der Waals surface area contributed by atoms with Crippen molar-refractivity contribution in [1.82, 2.24) is 20.1 Å². The molecule has 0 radical (unpaired) electrons. The number of carbonyl (C=O) groups is 1. The molecule has 0 spiro atoms. The maximum atomic E-state index is 12.2. The Hall–Kier alpha value is -2.15. The van der Waals surface area contributed by atoms with Gasteiger partial charge in [0.25, 0.3) is 5.91 Å². The number of pyridine rings is 1. The van der Waals surface area contributed by atoms with Crippen LogP contribution in [-0.2, 0) is 11.8 Å². The van der Waals surface area contributed by atoms with Crippen LogP contribution in [0.1, 0.15) is 43.4 Å². The van der Waals surface area contributed by atoms with Gasteiger partial charge in [0.05, 0.1) is 16.6 Å².